The van der Waals surface area contributed by atoms with Gasteiger partial charge in [-0.15, -0.1) is 0 Å². The largest absolute Gasteiger partial charge is 0.382 e. The van der Waals surface area contributed by atoms with Gasteiger partial charge in [0.15, 0.2) is 0 Å². The Labute approximate surface area is 135 Å². The number of nitrogens with zero attached hydrogens (tertiary/aromatic N) is 2. The third-order valence-corrected chi connectivity index (χ3v) is 4.93. The average molecular weight is 354 g/mol. The molecule has 0 atom stereocenters. The Balaban J connectivity index is 1.84. The SMILES string of the molecule is Cc1c(Br)cccc1NC1CCN(CC(=O)N(C)C)CC1. The van der Waals surface area contributed by atoms with E-state index >= 15 is 0 Å². The quantitative estimate of drug-likeness (QED) is 0.903. The molecule has 2 rings (SSSR count). The molecule has 1 aromatic carbocycles. The van der Waals surface area contributed by atoms with E-state index in [-0.39, 0.29) is 5.91 Å². The molecule has 1 heterocycles. The van der Waals surface area contributed by atoms with Crippen molar-refractivity contribution in [3.05, 3.63) is 28.2 Å². The van der Waals surface area contributed by atoms with Gasteiger partial charge in [-0.2, -0.15) is 0 Å². The smallest absolute Gasteiger partial charge is 0.236 e. The number of anilines is 1. The van der Waals surface area contributed by atoms with Crippen LogP contribution in [0.1, 0.15) is 18.4 Å². The fraction of sp³-hybridized carbons (Fsp3) is 0.562. The van der Waals surface area contributed by atoms with Crippen LogP contribution < -0.4 is 5.32 Å². The fourth-order valence-corrected chi connectivity index (χ4v) is 2.92. The van der Waals surface area contributed by atoms with E-state index in [0.717, 1.165) is 30.4 Å². The first kappa shape index (κ1) is 16.3. The molecule has 1 saturated heterocycles. The Bertz CT molecular complexity index is 496. The normalized spacial score (nSPS) is 16.8. The topological polar surface area (TPSA) is 35.6 Å². The monoisotopic (exact) mass is 353 g/mol. The van der Waals surface area contributed by atoms with Crippen molar-refractivity contribution in [3.63, 3.8) is 0 Å². The van der Waals surface area contributed by atoms with E-state index in [4.69, 9.17) is 0 Å². The van der Waals surface area contributed by atoms with Gasteiger partial charge in [0.2, 0.25) is 5.91 Å². The number of likely N-dealkylation sites (N-methyl/N-ethyl adjacent to an activating group) is 1. The van der Waals surface area contributed by atoms with E-state index in [1.165, 1.54) is 11.3 Å². The van der Waals surface area contributed by atoms with E-state index in [2.05, 4.69) is 51.3 Å². The maximum Gasteiger partial charge on any atom is 0.236 e. The molecule has 116 valence electrons. The van der Waals surface area contributed by atoms with Crippen molar-refractivity contribution in [1.29, 1.82) is 0 Å². The molecular weight excluding hydrogens is 330 g/mol. The molecule has 0 radical (unpaired) electrons. The minimum atomic E-state index is 0.184. The lowest BCUT2D eigenvalue weighted by molar-refractivity contribution is -0.130. The molecule has 4 nitrogen and oxygen atoms in total. The molecule has 1 aromatic rings. The number of nitrogens with one attached hydrogen (secondary N) is 1. The maximum atomic E-state index is 11.7. The number of amides is 1. The van der Waals surface area contributed by atoms with Crippen LogP contribution in [0.15, 0.2) is 22.7 Å². The average Bonchev–Trinajstić information content (AvgIpc) is 2.46. The van der Waals surface area contributed by atoms with E-state index in [1.54, 1.807) is 4.90 Å². The first-order valence-electron chi connectivity index (χ1n) is 7.41. The van der Waals surface area contributed by atoms with E-state index in [0.29, 0.717) is 12.6 Å². The van der Waals surface area contributed by atoms with Gasteiger partial charge < -0.3 is 10.2 Å². The Hall–Kier alpha value is -1.07. The lowest BCUT2D eigenvalue weighted by atomic mass is 10.0. The number of benzene rings is 1. The predicted octanol–water partition coefficient (Wildman–Crippen LogP) is 2.72. The highest BCUT2D eigenvalue weighted by Crippen LogP contribution is 2.25. The van der Waals surface area contributed by atoms with Crippen LogP contribution in [0.2, 0.25) is 0 Å². The molecule has 5 heteroatoms. The third kappa shape index (κ3) is 4.45. The summed E-state index contributed by atoms with van der Waals surface area (Å²) in [6.07, 6.45) is 2.15. The summed E-state index contributed by atoms with van der Waals surface area (Å²) < 4.78 is 1.14. The van der Waals surface area contributed by atoms with E-state index in [1.807, 2.05) is 14.1 Å². The number of hydrogen-bond acceptors (Lipinski definition) is 3. The lowest BCUT2D eigenvalue weighted by Crippen LogP contribution is -2.44. The Morgan fingerprint density at radius 3 is 2.67 bits per heavy atom. The Kier molecular flexibility index (Phi) is 5.65. The van der Waals surface area contributed by atoms with Crippen molar-refractivity contribution in [2.75, 3.05) is 39.0 Å². The van der Waals surface area contributed by atoms with Gasteiger partial charge in [0.25, 0.3) is 0 Å². The molecule has 0 unspecified atom stereocenters. The van der Waals surface area contributed by atoms with Crippen molar-refractivity contribution in [2.45, 2.75) is 25.8 Å². The van der Waals surface area contributed by atoms with Gasteiger partial charge in [0.05, 0.1) is 6.54 Å². The zero-order chi connectivity index (χ0) is 15.4. The Morgan fingerprint density at radius 2 is 2.05 bits per heavy atom. The molecule has 0 aromatic heterocycles. The number of carbonyl (C=O) groups excluding carboxylic acids is 1. The number of likely N-dealkylation sites (tertiary alicyclic amines) is 1. The molecule has 0 spiro atoms. The summed E-state index contributed by atoms with van der Waals surface area (Å²) >= 11 is 3.57. The summed E-state index contributed by atoms with van der Waals surface area (Å²) in [6.45, 7) is 4.61. The fourth-order valence-electron chi connectivity index (χ4n) is 2.55. The lowest BCUT2D eigenvalue weighted by Gasteiger charge is -2.33. The number of carbonyl (C=O) groups is 1. The molecule has 0 aliphatic carbocycles. The second-order valence-electron chi connectivity index (χ2n) is 5.90. The highest BCUT2D eigenvalue weighted by molar-refractivity contribution is 9.10. The molecule has 0 bridgehead atoms. The molecule has 1 fully saturated rings. The first-order chi connectivity index (χ1) is 9.97. The van der Waals surface area contributed by atoms with E-state index < -0.39 is 0 Å². The van der Waals surface area contributed by atoms with Gasteiger partial charge in [-0.05, 0) is 37.5 Å². The van der Waals surface area contributed by atoms with Crippen molar-refractivity contribution in [1.82, 2.24) is 9.80 Å². The summed E-state index contributed by atoms with van der Waals surface area (Å²) in [7, 11) is 3.62. The zero-order valence-electron chi connectivity index (χ0n) is 13.0. The van der Waals surface area contributed by atoms with Crippen molar-refractivity contribution in [3.8, 4) is 0 Å². The molecule has 0 saturated carbocycles. The number of rotatable bonds is 4. The molecule has 1 aliphatic heterocycles. The summed E-state index contributed by atoms with van der Waals surface area (Å²) in [5, 5.41) is 3.63. The summed E-state index contributed by atoms with van der Waals surface area (Å²) in [4.78, 5) is 15.6. The minimum Gasteiger partial charge on any atom is -0.382 e. The zero-order valence-corrected chi connectivity index (χ0v) is 14.6. The third-order valence-electron chi connectivity index (χ3n) is 4.07. The highest BCUT2D eigenvalue weighted by atomic mass is 79.9. The van der Waals surface area contributed by atoms with Crippen LogP contribution in [0.5, 0.6) is 0 Å². The summed E-state index contributed by atoms with van der Waals surface area (Å²) in [5.74, 6) is 0.184. The van der Waals surface area contributed by atoms with Gasteiger partial charge in [-0.25, -0.2) is 0 Å². The Morgan fingerprint density at radius 1 is 1.38 bits per heavy atom. The molecular formula is C16H24BrN3O. The second kappa shape index (κ2) is 7.27. The summed E-state index contributed by atoms with van der Waals surface area (Å²) in [6, 6.07) is 6.74. The maximum absolute atomic E-state index is 11.7. The highest BCUT2D eigenvalue weighted by Gasteiger charge is 2.21. The van der Waals surface area contributed by atoms with Crippen LogP contribution in [0.3, 0.4) is 0 Å². The van der Waals surface area contributed by atoms with Crippen molar-refractivity contribution < 1.29 is 4.79 Å². The molecule has 1 aliphatic rings. The van der Waals surface area contributed by atoms with Crippen LogP contribution in [-0.4, -0.2) is 55.5 Å². The van der Waals surface area contributed by atoms with Crippen LogP contribution >= 0.6 is 15.9 Å². The van der Waals surface area contributed by atoms with Crippen molar-refractivity contribution >= 4 is 27.5 Å². The summed E-state index contributed by atoms with van der Waals surface area (Å²) in [5.41, 5.74) is 2.45. The first-order valence-corrected chi connectivity index (χ1v) is 8.21. The van der Waals surface area contributed by atoms with Gasteiger partial charge in [0.1, 0.15) is 0 Å². The van der Waals surface area contributed by atoms with Crippen LogP contribution in [0.4, 0.5) is 5.69 Å². The number of hydrogen-bond donors (Lipinski definition) is 1. The van der Waals surface area contributed by atoms with Crippen LogP contribution in [0, 0.1) is 6.92 Å². The van der Waals surface area contributed by atoms with Crippen LogP contribution in [0.25, 0.3) is 0 Å². The number of piperidine rings is 1. The molecule has 1 amide bonds. The number of halogens is 1. The predicted molar refractivity (Wildman–Crippen MR) is 90.7 cm³/mol. The van der Waals surface area contributed by atoms with Gasteiger partial charge >= 0.3 is 0 Å². The van der Waals surface area contributed by atoms with Crippen LogP contribution in [-0.2, 0) is 4.79 Å². The van der Waals surface area contributed by atoms with Gasteiger partial charge in [0, 0.05) is 43.4 Å². The molecule has 1 N–H and O–H groups in total. The standard InChI is InChI=1S/C16H24BrN3O/c1-12-14(17)5-4-6-15(12)18-13-7-9-20(10-8-13)11-16(21)19(2)3/h4-6,13,18H,7-11H2,1-3H3. The molecule has 21 heavy (non-hydrogen) atoms. The minimum absolute atomic E-state index is 0.184. The van der Waals surface area contributed by atoms with Gasteiger partial charge in [-0.1, -0.05) is 22.0 Å². The second-order valence-corrected chi connectivity index (χ2v) is 6.75. The van der Waals surface area contributed by atoms with E-state index in [9.17, 15) is 4.79 Å². The van der Waals surface area contributed by atoms with Crippen molar-refractivity contribution in [2.24, 2.45) is 0 Å². The van der Waals surface area contributed by atoms with Gasteiger partial charge in [-0.3, -0.25) is 9.69 Å².